The fraction of sp³-hybridized carbons (Fsp3) is 0.261. The van der Waals surface area contributed by atoms with E-state index in [4.69, 9.17) is 9.47 Å². The normalized spacial score (nSPS) is 14.4. The second kappa shape index (κ2) is 8.96. The first-order valence-electron chi connectivity index (χ1n) is 9.58. The van der Waals surface area contributed by atoms with E-state index in [0.29, 0.717) is 17.0 Å². The molecule has 0 aliphatic rings. The van der Waals surface area contributed by atoms with E-state index in [-0.39, 0.29) is 11.6 Å². The number of aryl methyl sites for hydroxylation is 2. The van der Waals surface area contributed by atoms with Crippen LogP contribution in [0.5, 0.6) is 6.01 Å². The highest BCUT2D eigenvalue weighted by atomic mass is 19.4. The minimum atomic E-state index is -4.54. The number of carboxylic acids is 1. The summed E-state index contributed by atoms with van der Waals surface area (Å²) in [6.45, 7) is 3.40. The number of rotatable bonds is 7. The monoisotopic (exact) mass is 446 g/mol. The molecule has 3 rings (SSSR count). The fourth-order valence-corrected chi connectivity index (χ4v) is 3.56. The summed E-state index contributed by atoms with van der Waals surface area (Å²) in [6, 6.07) is 13.9. The number of ether oxygens (including phenoxy) is 2. The molecule has 2 atom stereocenters. The summed E-state index contributed by atoms with van der Waals surface area (Å²) in [5.74, 6) is -1.40. The Balaban J connectivity index is 2.21. The van der Waals surface area contributed by atoms with Gasteiger partial charge in [-0.05, 0) is 43.2 Å². The van der Waals surface area contributed by atoms with Gasteiger partial charge in [-0.2, -0.15) is 13.2 Å². The fourth-order valence-electron chi connectivity index (χ4n) is 3.56. The molecule has 0 radical (unpaired) electrons. The Bertz CT molecular complexity index is 1070. The average molecular weight is 446 g/mol. The van der Waals surface area contributed by atoms with Crippen LogP contribution in [0.15, 0.2) is 60.7 Å². The molecule has 1 heterocycles. The molecule has 6 nitrogen and oxygen atoms in total. The highest BCUT2D eigenvalue weighted by Crippen LogP contribution is 2.40. The van der Waals surface area contributed by atoms with Crippen LogP contribution in [0.4, 0.5) is 13.2 Å². The first-order valence-corrected chi connectivity index (χ1v) is 9.58. The van der Waals surface area contributed by atoms with Gasteiger partial charge in [-0.3, -0.25) is 0 Å². The van der Waals surface area contributed by atoms with Gasteiger partial charge in [0.1, 0.15) is 0 Å². The van der Waals surface area contributed by atoms with Crippen molar-refractivity contribution in [1.29, 1.82) is 0 Å². The van der Waals surface area contributed by atoms with Gasteiger partial charge in [-0.1, -0.05) is 42.5 Å². The van der Waals surface area contributed by atoms with Crippen LogP contribution in [0.1, 0.15) is 28.1 Å². The van der Waals surface area contributed by atoms with Crippen molar-refractivity contribution in [1.82, 2.24) is 9.97 Å². The molecule has 0 fully saturated rings. The molecule has 9 heteroatoms. The number of hydrogen-bond acceptors (Lipinski definition) is 5. The summed E-state index contributed by atoms with van der Waals surface area (Å²) in [5.41, 5.74) is -0.999. The lowest BCUT2D eigenvalue weighted by Gasteiger charge is -2.37. The molecule has 0 saturated heterocycles. The van der Waals surface area contributed by atoms with Crippen molar-refractivity contribution in [2.24, 2.45) is 0 Å². The summed E-state index contributed by atoms with van der Waals surface area (Å²) < 4.78 is 50.8. The number of alkyl halides is 3. The van der Waals surface area contributed by atoms with Crippen molar-refractivity contribution < 1.29 is 32.5 Å². The molecule has 32 heavy (non-hydrogen) atoms. The molecule has 3 aromatic rings. The Morgan fingerprint density at radius 3 is 1.88 bits per heavy atom. The van der Waals surface area contributed by atoms with Crippen molar-refractivity contribution >= 4 is 5.97 Å². The van der Waals surface area contributed by atoms with Gasteiger partial charge < -0.3 is 14.6 Å². The van der Waals surface area contributed by atoms with Crippen LogP contribution >= 0.6 is 0 Å². The summed E-state index contributed by atoms with van der Waals surface area (Å²) in [5, 5.41) is 10.1. The molecular weight excluding hydrogens is 425 g/mol. The van der Waals surface area contributed by atoms with Crippen molar-refractivity contribution in [3.05, 3.63) is 88.7 Å². The van der Waals surface area contributed by atoms with E-state index >= 15 is 0 Å². The molecule has 0 spiro atoms. The topological polar surface area (TPSA) is 81.5 Å². The first-order chi connectivity index (χ1) is 15.1. The smallest absolute Gasteiger partial charge is 0.416 e. The van der Waals surface area contributed by atoms with Gasteiger partial charge in [0.2, 0.25) is 6.10 Å². The Labute approximate surface area is 182 Å². The van der Waals surface area contributed by atoms with E-state index in [2.05, 4.69) is 9.97 Å². The average Bonchev–Trinajstić information content (AvgIpc) is 2.73. The highest BCUT2D eigenvalue weighted by molar-refractivity contribution is 5.76. The highest BCUT2D eigenvalue weighted by Gasteiger charge is 2.49. The Morgan fingerprint density at radius 1 is 0.906 bits per heavy atom. The summed E-state index contributed by atoms with van der Waals surface area (Å²) in [4.78, 5) is 20.7. The predicted molar refractivity (Wildman–Crippen MR) is 109 cm³/mol. The molecule has 168 valence electrons. The predicted octanol–water partition coefficient (Wildman–Crippen LogP) is 4.53. The van der Waals surface area contributed by atoms with E-state index in [1.54, 1.807) is 50.2 Å². The van der Waals surface area contributed by atoms with Gasteiger partial charge in [0.05, 0.1) is 5.56 Å². The third kappa shape index (κ3) is 4.57. The van der Waals surface area contributed by atoms with Crippen LogP contribution in [0.2, 0.25) is 0 Å². The standard InChI is InChI=1S/C23H21F3N2O4/c1-14-13-15(2)28-21(27-14)32-19(20(29)30)22(31-3,16-7-5-4-6-8-16)17-9-11-18(12-10-17)23(24,25)26/h4-13,19H,1-3H3,(H,29,30)/t19-,22-/m1/s1. The number of aromatic nitrogens is 2. The van der Waals surface area contributed by atoms with Crippen molar-refractivity contribution in [3.63, 3.8) is 0 Å². The van der Waals surface area contributed by atoms with Crippen LogP contribution < -0.4 is 4.74 Å². The van der Waals surface area contributed by atoms with Crippen molar-refractivity contribution in [2.45, 2.75) is 31.7 Å². The number of carboxylic acid groups (broad SMARTS) is 1. The van der Waals surface area contributed by atoms with Crippen LogP contribution in [0.25, 0.3) is 0 Å². The zero-order chi connectivity index (χ0) is 23.5. The van der Waals surface area contributed by atoms with Crippen LogP contribution in [0.3, 0.4) is 0 Å². The number of methoxy groups -OCH3 is 1. The van der Waals surface area contributed by atoms with Gasteiger partial charge in [-0.25, -0.2) is 14.8 Å². The van der Waals surface area contributed by atoms with Crippen LogP contribution in [-0.4, -0.2) is 34.3 Å². The lowest BCUT2D eigenvalue weighted by molar-refractivity contribution is -0.160. The van der Waals surface area contributed by atoms with Gasteiger partial charge in [-0.15, -0.1) is 0 Å². The summed E-state index contributed by atoms with van der Waals surface area (Å²) in [7, 11) is 1.27. The number of nitrogens with zero attached hydrogens (tertiary/aromatic N) is 2. The van der Waals surface area contributed by atoms with Gasteiger partial charge in [0.25, 0.3) is 0 Å². The minimum Gasteiger partial charge on any atom is -0.478 e. The molecule has 0 aliphatic heterocycles. The number of aliphatic carboxylic acids is 1. The second-order valence-corrected chi connectivity index (χ2v) is 7.15. The van der Waals surface area contributed by atoms with E-state index in [9.17, 15) is 23.1 Å². The lowest BCUT2D eigenvalue weighted by atomic mass is 9.80. The van der Waals surface area contributed by atoms with E-state index in [1.807, 2.05) is 0 Å². The van der Waals surface area contributed by atoms with Crippen molar-refractivity contribution in [2.75, 3.05) is 7.11 Å². The van der Waals surface area contributed by atoms with Crippen molar-refractivity contribution in [3.8, 4) is 6.01 Å². The number of halogens is 3. The van der Waals surface area contributed by atoms with Crippen LogP contribution in [-0.2, 0) is 21.3 Å². The van der Waals surface area contributed by atoms with E-state index in [0.717, 1.165) is 12.1 Å². The largest absolute Gasteiger partial charge is 0.478 e. The molecular formula is C23H21F3N2O4. The van der Waals surface area contributed by atoms with E-state index in [1.165, 1.54) is 19.2 Å². The molecule has 1 aromatic heterocycles. The molecule has 0 saturated carbocycles. The molecule has 0 bridgehead atoms. The molecule has 0 aliphatic carbocycles. The number of hydrogen-bond donors (Lipinski definition) is 1. The molecule has 0 amide bonds. The van der Waals surface area contributed by atoms with Gasteiger partial charge >= 0.3 is 18.2 Å². The zero-order valence-corrected chi connectivity index (χ0v) is 17.6. The summed E-state index contributed by atoms with van der Waals surface area (Å²) >= 11 is 0. The number of carbonyl (C=O) groups is 1. The minimum absolute atomic E-state index is 0.163. The lowest BCUT2D eigenvalue weighted by Crippen LogP contribution is -2.50. The Hall–Kier alpha value is -3.46. The molecule has 1 N–H and O–H groups in total. The Morgan fingerprint density at radius 2 is 1.41 bits per heavy atom. The van der Waals surface area contributed by atoms with E-state index < -0.39 is 29.4 Å². The number of benzene rings is 2. The first kappa shape index (κ1) is 23.2. The molecule has 2 aromatic carbocycles. The molecule has 0 unspecified atom stereocenters. The maximum absolute atomic E-state index is 13.1. The van der Waals surface area contributed by atoms with Crippen LogP contribution in [0, 0.1) is 13.8 Å². The quantitative estimate of drug-likeness (QED) is 0.574. The van der Waals surface area contributed by atoms with Gasteiger partial charge in [0.15, 0.2) is 5.60 Å². The van der Waals surface area contributed by atoms with Gasteiger partial charge in [0, 0.05) is 18.5 Å². The second-order valence-electron chi connectivity index (χ2n) is 7.15. The SMILES string of the molecule is CO[C@](c1ccccc1)(c1ccc(C(F)(F)F)cc1)[C@H](Oc1nc(C)cc(C)n1)C(=O)O. The maximum Gasteiger partial charge on any atom is 0.416 e. The zero-order valence-electron chi connectivity index (χ0n) is 17.6. The maximum atomic E-state index is 13.1. The summed E-state index contributed by atoms with van der Waals surface area (Å²) in [6.07, 6.45) is -6.26. The Kier molecular flexibility index (Phi) is 6.50. The third-order valence-corrected chi connectivity index (χ3v) is 4.94. The third-order valence-electron chi connectivity index (χ3n) is 4.94.